The molecule has 0 radical (unpaired) electrons. The highest BCUT2D eigenvalue weighted by Crippen LogP contribution is 2.41. The van der Waals surface area contributed by atoms with Gasteiger partial charge in [-0.2, -0.15) is 13.2 Å². The fourth-order valence-corrected chi connectivity index (χ4v) is 3.15. The van der Waals surface area contributed by atoms with Crippen molar-refractivity contribution < 1.29 is 31.8 Å². The average Bonchev–Trinajstić information content (AvgIpc) is 2.68. The first kappa shape index (κ1) is 21.5. The predicted molar refractivity (Wildman–Crippen MR) is 97.5 cm³/mol. The average molecular weight is 426 g/mol. The summed E-state index contributed by atoms with van der Waals surface area (Å²) < 4.78 is 63.5. The second-order valence-electron chi connectivity index (χ2n) is 6.93. The number of amidine groups is 1. The number of aromatic nitrogens is 2. The van der Waals surface area contributed by atoms with E-state index < -0.39 is 41.9 Å². The number of aliphatic imine (C=N–C) groups is 1. The number of halogens is 4. The Morgan fingerprint density at radius 2 is 2.07 bits per heavy atom. The third-order valence-corrected chi connectivity index (χ3v) is 4.67. The SMILES string of the molecule is COc1cnc(C(=O)Cc2ccc(F)c([C@]3(C)C[C@@H](C(F)(F)F)OC(N)=N3)c2)cn1. The van der Waals surface area contributed by atoms with E-state index in [9.17, 15) is 22.4 Å². The van der Waals surface area contributed by atoms with Gasteiger partial charge < -0.3 is 15.2 Å². The smallest absolute Gasteiger partial charge is 0.425 e. The normalized spacial score (nSPS) is 21.5. The molecule has 0 amide bonds. The van der Waals surface area contributed by atoms with Gasteiger partial charge in [-0.3, -0.25) is 4.79 Å². The van der Waals surface area contributed by atoms with Gasteiger partial charge in [-0.25, -0.2) is 19.4 Å². The molecule has 2 aromatic rings. The predicted octanol–water partition coefficient (Wildman–Crippen LogP) is 2.93. The fraction of sp³-hybridized carbons (Fsp3) is 0.368. The first-order valence-electron chi connectivity index (χ1n) is 8.78. The zero-order valence-electron chi connectivity index (χ0n) is 16.0. The van der Waals surface area contributed by atoms with Crippen molar-refractivity contribution in [2.45, 2.75) is 37.6 Å². The number of methoxy groups -OCH3 is 1. The number of carbonyl (C=O) groups is 1. The number of hydrogen-bond acceptors (Lipinski definition) is 7. The lowest BCUT2D eigenvalue weighted by atomic mass is 9.84. The number of alkyl halides is 3. The van der Waals surface area contributed by atoms with Crippen LogP contribution >= 0.6 is 0 Å². The number of nitrogens with two attached hydrogens (primary N) is 1. The molecule has 0 spiro atoms. The lowest BCUT2D eigenvalue weighted by molar-refractivity contribution is -0.208. The van der Waals surface area contributed by atoms with Crippen LogP contribution in [0.1, 0.15) is 35.0 Å². The minimum absolute atomic E-state index is 0.0679. The second kappa shape index (κ2) is 7.88. The molecule has 0 saturated carbocycles. The van der Waals surface area contributed by atoms with Gasteiger partial charge in [-0.05, 0) is 24.6 Å². The van der Waals surface area contributed by atoms with Crippen molar-refractivity contribution in [3.8, 4) is 5.88 Å². The topological polar surface area (TPSA) is 99.7 Å². The number of ether oxygens (including phenoxy) is 2. The molecule has 160 valence electrons. The largest absolute Gasteiger partial charge is 0.480 e. The highest BCUT2D eigenvalue weighted by molar-refractivity contribution is 5.95. The van der Waals surface area contributed by atoms with Gasteiger partial charge in [-0.15, -0.1) is 0 Å². The van der Waals surface area contributed by atoms with Crippen LogP contribution in [0, 0.1) is 5.82 Å². The van der Waals surface area contributed by atoms with Crippen LogP contribution in [0.4, 0.5) is 17.6 Å². The molecule has 3 rings (SSSR count). The zero-order chi connectivity index (χ0) is 22.1. The van der Waals surface area contributed by atoms with Crippen molar-refractivity contribution in [3.63, 3.8) is 0 Å². The van der Waals surface area contributed by atoms with Gasteiger partial charge in [0.1, 0.15) is 11.5 Å². The van der Waals surface area contributed by atoms with E-state index in [0.29, 0.717) is 5.56 Å². The first-order valence-corrected chi connectivity index (χ1v) is 8.78. The van der Waals surface area contributed by atoms with E-state index in [0.717, 1.165) is 6.07 Å². The molecule has 1 aromatic heterocycles. The van der Waals surface area contributed by atoms with Crippen molar-refractivity contribution in [1.82, 2.24) is 9.97 Å². The Morgan fingerprint density at radius 3 is 2.67 bits per heavy atom. The second-order valence-corrected chi connectivity index (χ2v) is 6.93. The molecule has 1 aliphatic heterocycles. The number of benzene rings is 1. The van der Waals surface area contributed by atoms with Crippen LogP contribution in [0.2, 0.25) is 0 Å². The van der Waals surface area contributed by atoms with Crippen LogP contribution in [0.5, 0.6) is 5.88 Å². The maximum atomic E-state index is 14.5. The number of rotatable bonds is 5. The summed E-state index contributed by atoms with van der Waals surface area (Å²) >= 11 is 0. The Hall–Kier alpha value is -3.24. The minimum Gasteiger partial charge on any atom is -0.480 e. The van der Waals surface area contributed by atoms with Crippen molar-refractivity contribution in [1.29, 1.82) is 0 Å². The lowest BCUT2D eigenvalue weighted by Crippen LogP contribution is -2.46. The fourth-order valence-electron chi connectivity index (χ4n) is 3.15. The Labute approximate surface area is 168 Å². The van der Waals surface area contributed by atoms with Crippen molar-refractivity contribution in [2.75, 3.05) is 7.11 Å². The maximum absolute atomic E-state index is 14.5. The lowest BCUT2D eigenvalue weighted by Gasteiger charge is -2.36. The van der Waals surface area contributed by atoms with Crippen molar-refractivity contribution in [2.24, 2.45) is 10.7 Å². The Bertz CT molecular complexity index is 979. The van der Waals surface area contributed by atoms with Gasteiger partial charge in [0.05, 0.1) is 25.0 Å². The Balaban J connectivity index is 1.89. The van der Waals surface area contributed by atoms with Crippen LogP contribution in [-0.4, -0.2) is 41.2 Å². The molecule has 0 saturated heterocycles. The van der Waals surface area contributed by atoms with Crippen molar-refractivity contribution in [3.05, 3.63) is 53.2 Å². The summed E-state index contributed by atoms with van der Waals surface area (Å²) in [4.78, 5) is 24.2. The van der Waals surface area contributed by atoms with Crippen LogP contribution < -0.4 is 10.5 Å². The summed E-state index contributed by atoms with van der Waals surface area (Å²) in [7, 11) is 1.40. The van der Waals surface area contributed by atoms with Crippen LogP contribution in [-0.2, 0) is 16.7 Å². The van der Waals surface area contributed by atoms with Gasteiger partial charge in [-0.1, -0.05) is 6.07 Å². The Morgan fingerprint density at radius 1 is 1.33 bits per heavy atom. The van der Waals surface area contributed by atoms with E-state index in [4.69, 9.17) is 10.5 Å². The standard InChI is InChI=1S/C19H18F4N4O3/c1-18(7-15(19(21,22)23)30-17(24)27-18)11-5-10(3-4-12(11)20)6-14(28)13-8-26-16(29-2)9-25-13/h3-5,8-9,15H,6-7H2,1-2H3,(H2,24,27)/t15-,18-/m0/s1. The third kappa shape index (κ3) is 4.50. The van der Waals surface area contributed by atoms with E-state index in [1.165, 1.54) is 38.6 Å². The molecular weight excluding hydrogens is 408 g/mol. The summed E-state index contributed by atoms with van der Waals surface area (Å²) in [6.07, 6.45) is -5.22. The van der Waals surface area contributed by atoms with Crippen LogP contribution in [0.15, 0.2) is 35.6 Å². The van der Waals surface area contributed by atoms with Crippen LogP contribution in [0.25, 0.3) is 0 Å². The zero-order valence-corrected chi connectivity index (χ0v) is 16.0. The van der Waals surface area contributed by atoms with Gasteiger partial charge in [0.15, 0.2) is 11.9 Å². The van der Waals surface area contributed by atoms with E-state index in [-0.39, 0.29) is 23.6 Å². The molecule has 11 heteroatoms. The summed E-state index contributed by atoms with van der Waals surface area (Å²) in [5.74, 6) is -0.939. The molecule has 1 aliphatic rings. The summed E-state index contributed by atoms with van der Waals surface area (Å²) in [5, 5.41) is 0. The van der Waals surface area contributed by atoms with Crippen LogP contribution in [0.3, 0.4) is 0 Å². The monoisotopic (exact) mass is 426 g/mol. The first-order chi connectivity index (χ1) is 14.0. The highest BCUT2D eigenvalue weighted by Gasteiger charge is 2.50. The van der Waals surface area contributed by atoms with Gasteiger partial charge in [0.25, 0.3) is 6.02 Å². The molecule has 0 fully saturated rings. The number of carbonyl (C=O) groups excluding carboxylic acids is 1. The van der Waals surface area contributed by atoms with Crippen molar-refractivity contribution >= 4 is 11.8 Å². The molecule has 2 N–H and O–H groups in total. The minimum atomic E-state index is -4.70. The molecule has 0 aliphatic carbocycles. The van der Waals surface area contributed by atoms with Gasteiger partial charge in [0, 0.05) is 18.4 Å². The van der Waals surface area contributed by atoms with Gasteiger partial charge >= 0.3 is 6.18 Å². The van der Waals surface area contributed by atoms with E-state index in [2.05, 4.69) is 19.7 Å². The third-order valence-electron chi connectivity index (χ3n) is 4.67. The molecule has 2 atom stereocenters. The number of hydrogen-bond donors (Lipinski definition) is 1. The molecule has 30 heavy (non-hydrogen) atoms. The highest BCUT2D eigenvalue weighted by atomic mass is 19.4. The van der Waals surface area contributed by atoms with E-state index in [1.807, 2.05) is 0 Å². The molecular formula is C19H18F4N4O3. The molecule has 7 nitrogen and oxygen atoms in total. The number of ketones is 1. The summed E-state index contributed by atoms with van der Waals surface area (Å²) in [5.41, 5.74) is 4.14. The quantitative estimate of drug-likeness (QED) is 0.583. The Kier molecular flexibility index (Phi) is 5.64. The summed E-state index contributed by atoms with van der Waals surface area (Å²) in [6.45, 7) is 1.33. The number of Topliss-reactive ketones (excluding diaryl/α,β-unsaturated/α-hetero) is 1. The van der Waals surface area contributed by atoms with Gasteiger partial charge in [0.2, 0.25) is 5.88 Å². The van der Waals surface area contributed by atoms with E-state index >= 15 is 0 Å². The molecule has 2 heterocycles. The molecule has 0 bridgehead atoms. The summed E-state index contributed by atoms with van der Waals surface area (Å²) in [6, 6.07) is 3.07. The van der Waals surface area contributed by atoms with E-state index in [1.54, 1.807) is 0 Å². The molecule has 0 unspecified atom stereocenters. The maximum Gasteiger partial charge on any atom is 0.425 e. The number of nitrogens with zero attached hydrogens (tertiary/aromatic N) is 3. The molecule has 1 aromatic carbocycles.